The molecule has 2 aromatic carbocycles. The highest BCUT2D eigenvalue weighted by Crippen LogP contribution is 2.29. The molecular weight excluding hydrogens is 543 g/mol. The molecule has 0 unspecified atom stereocenters. The molecule has 0 aliphatic rings. The van der Waals surface area contributed by atoms with Crippen LogP contribution < -0.4 is 14.8 Å². The largest absolute Gasteiger partial charge is 0.493 e. The van der Waals surface area contributed by atoms with Crippen LogP contribution in [0.5, 0.6) is 11.5 Å². The fourth-order valence-corrected chi connectivity index (χ4v) is 3.80. The van der Waals surface area contributed by atoms with E-state index in [1.807, 2.05) is 51.1 Å². The van der Waals surface area contributed by atoms with Gasteiger partial charge in [0.25, 0.3) is 5.91 Å². The lowest BCUT2D eigenvalue weighted by Crippen LogP contribution is -2.42. The number of methoxy groups -OCH3 is 1. The predicted molar refractivity (Wildman–Crippen MR) is 158 cm³/mol. The first-order valence-electron chi connectivity index (χ1n) is 13.4. The molecule has 1 N–H and O–H groups in total. The van der Waals surface area contributed by atoms with Crippen molar-refractivity contribution in [2.24, 2.45) is 0 Å². The average molecular weight is 585 g/mol. The van der Waals surface area contributed by atoms with Crippen molar-refractivity contribution in [3.05, 3.63) is 89.5 Å². The molecule has 0 saturated heterocycles. The zero-order valence-electron chi connectivity index (χ0n) is 25.1. The van der Waals surface area contributed by atoms with Crippen LogP contribution in [0, 0.1) is 12.7 Å². The maximum atomic E-state index is 12.7. The van der Waals surface area contributed by atoms with Gasteiger partial charge in [-0.25, -0.2) is 14.2 Å². The van der Waals surface area contributed by atoms with Crippen molar-refractivity contribution in [2.75, 3.05) is 7.11 Å². The molecule has 0 bridgehead atoms. The van der Waals surface area contributed by atoms with Crippen LogP contribution in [0.1, 0.15) is 64.1 Å². The number of benzene rings is 2. The van der Waals surface area contributed by atoms with E-state index < -0.39 is 35.6 Å². The summed E-state index contributed by atoms with van der Waals surface area (Å²) < 4.78 is 33.8. The molecular formula is C32H41FN2O7. The lowest BCUT2D eigenvalue weighted by Gasteiger charge is -2.29. The van der Waals surface area contributed by atoms with E-state index in [0.29, 0.717) is 13.0 Å². The normalized spacial score (nSPS) is 12.2. The fourth-order valence-electron chi connectivity index (χ4n) is 3.80. The van der Waals surface area contributed by atoms with E-state index in [2.05, 4.69) is 10.3 Å². The number of hydrogen-bond acceptors (Lipinski definition) is 8. The molecule has 10 heteroatoms. The number of nitrogens with zero attached hydrogens (tertiary/aromatic N) is 1. The topological polar surface area (TPSA) is 113 Å². The van der Waals surface area contributed by atoms with Gasteiger partial charge in [-0.1, -0.05) is 48.0 Å². The van der Waals surface area contributed by atoms with Gasteiger partial charge in [0, 0.05) is 27.0 Å². The lowest BCUT2D eigenvalue weighted by molar-refractivity contribution is -0.154. The number of carbonyl (C=O) groups is 3. The number of hydrogen-bond donors (Lipinski definition) is 1. The number of carbonyl (C=O) groups excluding carboxylic acids is 3. The minimum Gasteiger partial charge on any atom is -0.493 e. The van der Waals surface area contributed by atoms with E-state index in [1.54, 1.807) is 19.1 Å². The van der Waals surface area contributed by atoms with Crippen molar-refractivity contribution < 1.29 is 39.1 Å². The number of pyridine rings is 1. The van der Waals surface area contributed by atoms with Crippen LogP contribution >= 0.6 is 0 Å². The molecule has 0 aliphatic carbocycles. The van der Waals surface area contributed by atoms with Gasteiger partial charge in [0.15, 0.2) is 11.4 Å². The van der Waals surface area contributed by atoms with E-state index in [4.69, 9.17) is 18.9 Å². The molecule has 42 heavy (non-hydrogen) atoms. The number of ether oxygens (including phenoxy) is 4. The monoisotopic (exact) mass is 584 g/mol. The molecule has 3 aromatic rings. The van der Waals surface area contributed by atoms with Crippen LogP contribution in [0.15, 0.2) is 66.9 Å². The third-order valence-electron chi connectivity index (χ3n) is 5.83. The van der Waals surface area contributed by atoms with E-state index in [1.165, 1.54) is 45.4 Å². The maximum Gasteiger partial charge on any atom is 0.328 e. The van der Waals surface area contributed by atoms with Crippen LogP contribution in [-0.2, 0) is 25.7 Å². The zero-order chi connectivity index (χ0) is 31.3. The highest BCUT2D eigenvalue weighted by molar-refractivity contribution is 5.98. The van der Waals surface area contributed by atoms with E-state index in [9.17, 15) is 18.8 Å². The van der Waals surface area contributed by atoms with Gasteiger partial charge in [0.2, 0.25) is 5.75 Å². The standard InChI is InChI=1S/C25H32N2O7.C7H7F.H2/c1-16(14-25(4,5)32-15-19-10-8-7-9-11-19)33-24(30)17(2)27-23(29)21-22(34-18(3)28)20(31-6)12-13-26-21;1-6-2-4-7(8)5-3-6;/h7-13,16-17H,14-15H2,1-6H3,(H,27,29);2-5H,1H3;1H/t16-,17-;;/m0../s1. The number of esters is 2. The molecule has 1 amide bonds. The van der Waals surface area contributed by atoms with Crippen molar-refractivity contribution in [3.8, 4) is 11.5 Å². The fraction of sp³-hybridized carbons (Fsp3) is 0.375. The van der Waals surface area contributed by atoms with Crippen molar-refractivity contribution in [1.29, 1.82) is 0 Å². The second kappa shape index (κ2) is 16.2. The van der Waals surface area contributed by atoms with Gasteiger partial charge in [-0.15, -0.1) is 0 Å². The van der Waals surface area contributed by atoms with Crippen LogP contribution in [0.3, 0.4) is 0 Å². The van der Waals surface area contributed by atoms with Gasteiger partial charge in [0.1, 0.15) is 18.0 Å². The Morgan fingerprint density at radius 2 is 1.67 bits per heavy atom. The lowest BCUT2D eigenvalue weighted by atomic mass is 10.0. The Hall–Kier alpha value is -4.31. The quantitative estimate of drug-likeness (QED) is 0.280. The summed E-state index contributed by atoms with van der Waals surface area (Å²) >= 11 is 0. The first-order valence-corrected chi connectivity index (χ1v) is 13.4. The summed E-state index contributed by atoms with van der Waals surface area (Å²) in [5.74, 6) is -2.09. The summed E-state index contributed by atoms with van der Waals surface area (Å²) in [6.45, 7) is 10.7. The highest BCUT2D eigenvalue weighted by atomic mass is 19.1. The highest BCUT2D eigenvalue weighted by Gasteiger charge is 2.28. The minimum absolute atomic E-state index is 0. The SMILES string of the molecule is COc1ccnc(C(=O)N[C@@H](C)C(=O)O[C@@H](C)CC(C)(C)OCc2ccccc2)c1OC(C)=O.Cc1ccc(F)cc1.[HH]. The molecule has 2 atom stereocenters. The smallest absolute Gasteiger partial charge is 0.328 e. The zero-order valence-corrected chi connectivity index (χ0v) is 25.1. The Balaban J connectivity index is 0.000000885. The van der Waals surface area contributed by atoms with E-state index >= 15 is 0 Å². The van der Waals surface area contributed by atoms with E-state index in [0.717, 1.165) is 11.1 Å². The summed E-state index contributed by atoms with van der Waals surface area (Å²) in [4.78, 5) is 40.7. The number of halogens is 1. The molecule has 0 fully saturated rings. The molecule has 0 saturated carbocycles. The Kier molecular flexibility index (Phi) is 13.1. The first-order chi connectivity index (χ1) is 19.8. The third-order valence-corrected chi connectivity index (χ3v) is 5.83. The van der Waals surface area contributed by atoms with Gasteiger partial charge in [-0.05, 0) is 52.3 Å². The molecule has 0 spiro atoms. The van der Waals surface area contributed by atoms with E-state index in [-0.39, 0.29) is 24.4 Å². The summed E-state index contributed by atoms with van der Waals surface area (Å²) in [7, 11) is 1.37. The molecule has 0 aliphatic heterocycles. The Morgan fingerprint density at radius 3 is 2.24 bits per heavy atom. The van der Waals surface area contributed by atoms with Crippen LogP contribution in [0.25, 0.3) is 0 Å². The number of amides is 1. The van der Waals surface area contributed by atoms with Crippen LogP contribution in [0.4, 0.5) is 4.39 Å². The van der Waals surface area contributed by atoms with Crippen LogP contribution in [0.2, 0.25) is 0 Å². The minimum atomic E-state index is -0.971. The molecule has 9 nitrogen and oxygen atoms in total. The van der Waals surface area contributed by atoms with Gasteiger partial charge in [0.05, 0.1) is 19.3 Å². The van der Waals surface area contributed by atoms with Gasteiger partial charge in [-0.3, -0.25) is 9.59 Å². The van der Waals surface area contributed by atoms with Gasteiger partial charge < -0.3 is 24.3 Å². The predicted octanol–water partition coefficient (Wildman–Crippen LogP) is 5.83. The summed E-state index contributed by atoms with van der Waals surface area (Å²) in [6, 6.07) is 16.7. The summed E-state index contributed by atoms with van der Waals surface area (Å²) in [5, 5.41) is 2.52. The Morgan fingerprint density at radius 1 is 1.02 bits per heavy atom. The molecule has 228 valence electrons. The number of aromatic nitrogens is 1. The van der Waals surface area contributed by atoms with Gasteiger partial charge in [-0.2, -0.15) is 0 Å². The van der Waals surface area contributed by atoms with Crippen molar-refractivity contribution >= 4 is 17.8 Å². The van der Waals surface area contributed by atoms with Crippen LogP contribution in [-0.4, -0.2) is 47.7 Å². The van der Waals surface area contributed by atoms with Crippen molar-refractivity contribution in [3.63, 3.8) is 0 Å². The second-order valence-electron chi connectivity index (χ2n) is 10.3. The van der Waals surface area contributed by atoms with Crippen molar-refractivity contribution in [1.82, 2.24) is 10.3 Å². The van der Waals surface area contributed by atoms with Crippen molar-refractivity contribution in [2.45, 2.75) is 72.3 Å². The Labute approximate surface area is 247 Å². The third kappa shape index (κ3) is 11.7. The summed E-state index contributed by atoms with van der Waals surface area (Å²) in [5.41, 5.74) is 1.42. The van der Waals surface area contributed by atoms with Gasteiger partial charge >= 0.3 is 11.9 Å². The molecule has 1 aromatic heterocycles. The maximum absolute atomic E-state index is 12.7. The second-order valence-corrected chi connectivity index (χ2v) is 10.3. The number of aryl methyl sites for hydroxylation is 1. The molecule has 3 rings (SSSR count). The summed E-state index contributed by atoms with van der Waals surface area (Å²) in [6.07, 6.45) is 1.34. The average Bonchev–Trinajstić information content (AvgIpc) is 2.94. The molecule has 0 radical (unpaired) electrons. The molecule has 1 heterocycles. The Bertz CT molecular complexity index is 1300. The number of nitrogens with one attached hydrogen (secondary N) is 1. The first kappa shape index (κ1) is 33.9. The number of rotatable bonds is 11.